The summed E-state index contributed by atoms with van der Waals surface area (Å²) in [4.78, 5) is 4.09. The van der Waals surface area contributed by atoms with E-state index in [9.17, 15) is 9.50 Å². The van der Waals surface area contributed by atoms with E-state index in [-0.39, 0.29) is 5.82 Å². The Morgan fingerprint density at radius 3 is 2.89 bits per heavy atom. The molecule has 2 rings (SSSR count). The normalized spacial score (nSPS) is 12.6. The van der Waals surface area contributed by atoms with Gasteiger partial charge >= 0.3 is 0 Å². The lowest BCUT2D eigenvalue weighted by Crippen LogP contribution is -2.24. The summed E-state index contributed by atoms with van der Waals surface area (Å²) in [5, 5.41) is 17.1. The van der Waals surface area contributed by atoms with E-state index in [0.29, 0.717) is 25.1 Å². The molecule has 0 saturated heterocycles. The second-order valence-corrected chi connectivity index (χ2v) is 4.33. The van der Waals surface area contributed by atoms with Crippen LogP contribution in [0.4, 0.5) is 4.39 Å². The number of aromatic nitrogens is 3. The van der Waals surface area contributed by atoms with Gasteiger partial charge in [-0.1, -0.05) is 18.2 Å². The average Bonchev–Trinajstić information content (AvgIpc) is 2.81. The van der Waals surface area contributed by atoms with E-state index >= 15 is 0 Å². The van der Waals surface area contributed by atoms with Gasteiger partial charge in [0.05, 0.1) is 6.10 Å². The molecule has 0 fully saturated rings. The molecule has 1 heterocycles. The molecule has 0 spiro atoms. The minimum absolute atomic E-state index is 0.299. The van der Waals surface area contributed by atoms with Gasteiger partial charge in [0, 0.05) is 32.1 Å². The standard InChI is InChI=1S/C13H17FN4O/c1-18-9-16-13(17-18)6-7-15-8-12(19)10-4-2-3-5-11(10)14/h2-5,9,12,15,19H,6-8H2,1H3. The van der Waals surface area contributed by atoms with Crippen LogP contribution in [0.25, 0.3) is 0 Å². The molecule has 102 valence electrons. The summed E-state index contributed by atoms with van der Waals surface area (Å²) in [7, 11) is 1.81. The number of hydrogen-bond donors (Lipinski definition) is 2. The van der Waals surface area contributed by atoms with Crippen molar-refractivity contribution in [1.82, 2.24) is 20.1 Å². The molecule has 1 aromatic heterocycles. The maximum Gasteiger partial charge on any atom is 0.151 e. The van der Waals surface area contributed by atoms with E-state index in [1.54, 1.807) is 29.2 Å². The summed E-state index contributed by atoms with van der Waals surface area (Å²) in [6.45, 7) is 0.934. The highest BCUT2D eigenvalue weighted by atomic mass is 19.1. The zero-order valence-corrected chi connectivity index (χ0v) is 10.8. The molecule has 2 N–H and O–H groups in total. The molecule has 1 atom stereocenters. The fourth-order valence-electron chi connectivity index (χ4n) is 1.79. The highest BCUT2D eigenvalue weighted by molar-refractivity contribution is 5.19. The van der Waals surface area contributed by atoms with E-state index in [2.05, 4.69) is 15.4 Å². The number of benzene rings is 1. The third-order valence-corrected chi connectivity index (χ3v) is 2.77. The van der Waals surface area contributed by atoms with Crippen LogP contribution < -0.4 is 5.32 Å². The molecule has 0 aliphatic rings. The Bertz CT molecular complexity index is 529. The Balaban J connectivity index is 1.75. The van der Waals surface area contributed by atoms with Crippen molar-refractivity contribution in [3.8, 4) is 0 Å². The number of nitrogens with zero attached hydrogens (tertiary/aromatic N) is 3. The minimum atomic E-state index is -0.849. The van der Waals surface area contributed by atoms with E-state index in [1.807, 2.05) is 7.05 Å². The Hall–Kier alpha value is -1.79. The maximum atomic E-state index is 13.4. The van der Waals surface area contributed by atoms with Gasteiger partial charge in [0.2, 0.25) is 0 Å². The smallest absolute Gasteiger partial charge is 0.151 e. The first-order valence-electron chi connectivity index (χ1n) is 6.14. The summed E-state index contributed by atoms with van der Waals surface area (Å²) in [5.74, 6) is 0.360. The monoisotopic (exact) mass is 264 g/mol. The molecule has 0 aliphatic carbocycles. The lowest BCUT2D eigenvalue weighted by molar-refractivity contribution is 0.170. The van der Waals surface area contributed by atoms with Gasteiger partial charge in [0.15, 0.2) is 5.82 Å². The van der Waals surface area contributed by atoms with E-state index in [1.165, 1.54) is 6.07 Å². The van der Waals surface area contributed by atoms with Crippen molar-refractivity contribution >= 4 is 0 Å². The first-order valence-corrected chi connectivity index (χ1v) is 6.14. The molecule has 0 radical (unpaired) electrons. The molecule has 0 saturated carbocycles. The highest BCUT2D eigenvalue weighted by Crippen LogP contribution is 2.15. The van der Waals surface area contributed by atoms with Gasteiger partial charge in [-0.25, -0.2) is 9.37 Å². The molecule has 5 nitrogen and oxygen atoms in total. The maximum absolute atomic E-state index is 13.4. The molecule has 1 unspecified atom stereocenters. The third-order valence-electron chi connectivity index (χ3n) is 2.77. The summed E-state index contributed by atoms with van der Waals surface area (Å²) >= 11 is 0. The fourth-order valence-corrected chi connectivity index (χ4v) is 1.79. The lowest BCUT2D eigenvalue weighted by atomic mass is 10.1. The van der Waals surface area contributed by atoms with Crippen LogP contribution in [0.5, 0.6) is 0 Å². The lowest BCUT2D eigenvalue weighted by Gasteiger charge is -2.12. The van der Waals surface area contributed by atoms with Crippen molar-refractivity contribution < 1.29 is 9.50 Å². The molecule has 0 bridgehead atoms. The number of hydrogen-bond acceptors (Lipinski definition) is 4. The molecule has 2 aromatic rings. The molecular weight excluding hydrogens is 247 g/mol. The largest absolute Gasteiger partial charge is 0.387 e. The predicted molar refractivity (Wildman–Crippen MR) is 68.9 cm³/mol. The van der Waals surface area contributed by atoms with Crippen molar-refractivity contribution in [2.75, 3.05) is 13.1 Å². The van der Waals surface area contributed by atoms with Crippen LogP contribution in [0.1, 0.15) is 17.5 Å². The molecule has 0 aliphatic heterocycles. The Morgan fingerprint density at radius 1 is 1.42 bits per heavy atom. The van der Waals surface area contributed by atoms with Gasteiger partial charge in [-0.05, 0) is 6.07 Å². The quantitative estimate of drug-likeness (QED) is 0.758. The third kappa shape index (κ3) is 3.84. The van der Waals surface area contributed by atoms with Crippen LogP contribution in [-0.2, 0) is 13.5 Å². The fraction of sp³-hybridized carbons (Fsp3) is 0.385. The zero-order chi connectivity index (χ0) is 13.7. The second kappa shape index (κ2) is 6.40. The van der Waals surface area contributed by atoms with E-state index < -0.39 is 6.10 Å². The Morgan fingerprint density at radius 2 is 2.21 bits per heavy atom. The highest BCUT2D eigenvalue weighted by Gasteiger charge is 2.11. The van der Waals surface area contributed by atoms with Crippen LogP contribution >= 0.6 is 0 Å². The second-order valence-electron chi connectivity index (χ2n) is 4.33. The van der Waals surface area contributed by atoms with Crippen LogP contribution in [0.2, 0.25) is 0 Å². The first-order chi connectivity index (χ1) is 9.16. The Labute approximate surface area is 111 Å². The van der Waals surface area contributed by atoms with Gasteiger partial charge in [-0.2, -0.15) is 5.10 Å². The SMILES string of the molecule is Cn1cnc(CCNCC(O)c2ccccc2F)n1. The van der Waals surface area contributed by atoms with Gasteiger partial charge in [-0.3, -0.25) is 4.68 Å². The van der Waals surface area contributed by atoms with Crippen LogP contribution in [0.3, 0.4) is 0 Å². The molecule has 6 heteroatoms. The Kier molecular flexibility index (Phi) is 4.59. The minimum Gasteiger partial charge on any atom is -0.387 e. The predicted octanol–water partition coefficient (Wildman–Crippen LogP) is 0.820. The number of aliphatic hydroxyl groups is 1. The topological polar surface area (TPSA) is 63.0 Å². The summed E-state index contributed by atoms with van der Waals surface area (Å²) in [6, 6.07) is 6.24. The summed E-state index contributed by atoms with van der Waals surface area (Å²) in [5.41, 5.74) is 0.311. The number of rotatable bonds is 6. The molecule has 1 aromatic carbocycles. The molecule has 19 heavy (non-hydrogen) atoms. The van der Waals surface area contributed by atoms with Crippen molar-refractivity contribution in [3.05, 3.63) is 47.8 Å². The van der Waals surface area contributed by atoms with Crippen molar-refractivity contribution in [3.63, 3.8) is 0 Å². The van der Waals surface area contributed by atoms with Crippen molar-refractivity contribution in [1.29, 1.82) is 0 Å². The van der Waals surface area contributed by atoms with Gasteiger partial charge in [0.25, 0.3) is 0 Å². The van der Waals surface area contributed by atoms with Crippen LogP contribution in [0.15, 0.2) is 30.6 Å². The number of nitrogens with one attached hydrogen (secondary N) is 1. The van der Waals surface area contributed by atoms with Gasteiger partial charge < -0.3 is 10.4 Å². The zero-order valence-electron chi connectivity index (χ0n) is 10.8. The van der Waals surface area contributed by atoms with E-state index in [0.717, 1.165) is 5.82 Å². The first kappa shape index (κ1) is 13.6. The van der Waals surface area contributed by atoms with Crippen molar-refractivity contribution in [2.24, 2.45) is 7.05 Å². The average molecular weight is 264 g/mol. The number of aliphatic hydroxyl groups excluding tert-OH is 1. The van der Waals surface area contributed by atoms with Gasteiger partial charge in [-0.15, -0.1) is 0 Å². The number of aryl methyl sites for hydroxylation is 1. The van der Waals surface area contributed by atoms with Crippen molar-refractivity contribution in [2.45, 2.75) is 12.5 Å². The molecular formula is C13H17FN4O. The van der Waals surface area contributed by atoms with Crippen LogP contribution in [0, 0.1) is 5.82 Å². The summed E-state index contributed by atoms with van der Waals surface area (Å²) < 4.78 is 15.0. The van der Waals surface area contributed by atoms with Crippen LogP contribution in [-0.4, -0.2) is 33.0 Å². The van der Waals surface area contributed by atoms with Gasteiger partial charge in [0.1, 0.15) is 12.1 Å². The van der Waals surface area contributed by atoms with E-state index in [4.69, 9.17) is 0 Å². The summed E-state index contributed by atoms with van der Waals surface area (Å²) in [6.07, 6.45) is 1.46. The molecule has 0 amide bonds. The number of halogens is 1.